The normalized spacial score (nSPS) is 14.1. The number of thioether (sulfide) groups is 2. The van der Waals surface area contributed by atoms with E-state index in [1.807, 2.05) is 12.5 Å². The molecule has 0 spiro atoms. The second kappa shape index (κ2) is 20.8. The molecule has 0 aromatic heterocycles. The van der Waals surface area contributed by atoms with E-state index in [0.29, 0.717) is 50.2 Å². The van der Waals surface area contributed by atoms with Gasteiger partial charge in [-0.2, -0.15) is 23.5 Å². The Labute approximate surface area is 227 Å². The third kappa shape index (κ3) is 16.3. The van der Waals surface area contributed by atoms with Gasteiger partial charge in [0.15, 0.2) is 5.96 Å². The van der Waals surface area contributed by atoms with Gasteiger partial charge >= 0.3 is 5.97 Å². The maximum absolute atomic E-state index is 13.1. The van der Waals surface area contributed by atoms with Gasteiger partial charge in [-0.1, -0.05) is 0 Å². The molecule has 0 aliphatic carbocycles. The van der Waals surface area contributed by atoms with E-state index < -0.39 is 47.9 Å². The van der Waals surface area contributed by atoms with Crippen molar-refractivity contribution in [3.05, 3.63) is 0 Å². The largest absolute Gasteiger partial charge is 0.480 e. The van der Waals surface area contributed by atoms with Crippen LogP contribution in [0.25, 0.3) is 0 Å². The average molecular weight is 565 g/mol. The molecule has 4 unspecified atom stereocenters. The second-order valence-corrected chi connectivity index (χ2v) is 10.4. The summed E-state index contributed by atoms with van der Waals surface area (Å²) in [5.74, 6) is -1.66. The van der Waals surface area contributed by atoms with Crippen molar-refractivity contribution >= 4 is 53.2 Å². The number of nitrogens with one attached hydrogen (secondary N) is 3. The van der Waals surface area contributed by atoms with E-state index in [4.69, 9.17) is 22.9 Å². The summed E-state index contributed by atoms with van der Waals surface area (Å²) in [5, 5.41) is 17.4. The molecule has 0 aliphatic heterocycles. The quantitative estimate of drug-likeness (QED) is 0.0455. The minimum Gasteiger partial charge on any atom is -0.480 e. The first-order valence-electron chi connectivity index (χ1n) is 12.2. The van der Waals surface area contributed by atoms with Crippen LogP contribution < -0.4 is 38.9 Å². The molecule has 214 valence electrons. The lowest BCUT2D eigenvalue weighted by Gasteiger charge is -2.25. The number of hydrogen-bond donors (Lipinski definition) is 8. The molecule has 0 bridgehead atoms. The number of carbonyl (C=O) groups excluding carboxylic acids is 3. The number of carboxylic acid groups (broad SMARTS) is 1. The molecule has 0 aromatic rings. The molecule has 0 aromatic carbocycles. The lowest BCUT2D eigenvalue weighted by molar-refractivity contribution is -0.142. The molecular weight excluding hydrogens is 520 g/mol. The molecule has 0 heterocycles. The molecule has 3 amide bonds. The van der Waals surface area contributed by atoms with Gasteiger partial charge in [-0.15, -0.1) is 0 Å². The maximum atomic E-state index is 13.1. The fourth-order valence-corrected chi connectivity index (χ4v) is 4.19. The Balaban J connectivity index is 5.53. The molecule has 12 N–H and O–H groups in total. The number of aliphatic imine (C=N–C) groups is 1. The molecule has 0 aliphatic rings. The number of unbranched alkanes of at least 4 members (excludes halogenated alkanes) is 1. The van der Waals surface area contributed by atoms with Crippen LogP contribution in [0.15, 0.2) is 4.99 Å². The number of hydrogen-bond acceptors (Lipinski definition) is 9. The van der Waals surface area contributed by atoms with Gasteiger partial charge in [-0.05, 0) is 75.5 Å². The molecule has 37 heavy (non-hydrogen) atoms. The van der Waals surface area contributed by atoms with Crippen molar-refractivity contribution < 1.29 is 24.3 Å². The highest BCUT2D eigenvalue weighted by Crippen LogP contribution is 2.07. The van der Waals surface area contributed by atoms with E-state index in [0.717, 1.165) is 0 Å². The van der Waals surface area contributed by atoms with Crippen molar-refractivity contribution in [3.8, 4) is 0 Å². The highest BCUT2D eigenvalue weighted by atomic mass is 32.2. The first kappa shape index (κ1) is 34.8. The fraction of sp³-hybridized carbons (Fsp3) is 0.773. The smallest absolute Gasteiger partial charge is 0.326 e. The minimum atomic E-state index is -1.18. The van der Waals surface area contributed by atoms with Crippen molar-refractivity contribution in [2.75, 3.05) is 37.1 Å². The fourth-order valence-electron chi connectivity index (χ4n) is 3.23. The minimum absolute atomic E-state index is 0.103. The summed E-state index contributed by atoms with van der Waals surface area (Å²) in [6, 6.07) is -3.86. The van der Waals surface area contributed by atoms with Crippen LogP contribution in [0, 0.1) is 0 Å². The zero-order chi connectivity index (χ0) is 28.2. The predicted molar refractivity (Wildman–Crippen MR) is 150 cm³/mol. The summed E-state index contributed by atoms with van der Waals surface area (Å²) in [6.45, 7) is 0.631. The number of aliphatic carboxylic acids is 1. The van der Waals surface area contributed by atoms with E-state index >= 15 is 0 Å². The van der Waals surface area contributed by atoms with E-state index in [9.17, 15) is 24.3 Å². The van der Waals surface area contributed by atoms with E-state index in [-0.39, 0.29) is 25.3 Å². The number of nitrogens with zero attached hydrogens (tertiary/aromatic N) is 1. The molecule has 0 saturated heterocycles. The van der Waals surface area contributed by atoms with Crippen LogP contribution in [0.3, 0.4) is 0 Å². The number of rotatable bonds is 21. The highest BCUT2D eigenvalue weighted by Gasteiger charge is 2.30. The number of nitrogens with two attached hydrogens (primary N) is 4. The van der Waals surface area contributed by atoms with Crippen molar-refractivity contribution in [3.63, 3.8) is 0 Å². The summed E-state index contributed by atoms with van der Waals surface area (Å²) in [5.41, 5.74) is 22.1. The van der Waals surface area contributed by atoms with Gasteiger partial charge in [0.2, 0.25) is 17.7 Å². The molecule has 0 saturated carbocycles. The van der Waals surface area contributed by atoms with Crippen LogP contribution >= 0.6 is 23.5 Å². The van der Waals surface area contributed by atoms with Gasteiger partial charge in [0.05, 0.1) is 6.04 Å². The first-order chi connectivity index (χ1) is 17.6. The monoisotopic (exact) mass is 564 g/mol. The zero-order valence-corrected chi connectivity index (χ0v) is 23.4. The first-order valence-corrected chi connectivity index (χ1v) is 15.0. The lowest BCUT2D eigenvalue weighted by Crippen LogP contribution is -2.57. The third-order valence-corrected chi connectivity index (χ3v) is 6.64. The SMILES string of the molecule is CSCCC(N)C(=O)NC(CCSC)C(=O)NC(CCCN=C(N)N)C(=O)NC(CCCCN)C(=O)O. The Morgan fingerprint density at radius 1 is 0.784 bits per heavy atom. The Hall–Kier alpha value is -2.23. The van der Waals surface area contributed by atoms with Gasteiger partial charge < -0.3 is 44.0 Å². The Kier molecular flexibility index (Phi) is 19.5. The van der Waals surface area contributed by atoms with Gasteiger partial charge in [0, 0.05) is 6.54 Å². The van der Waals surface area contributed by atoms with Crippen LogP contribution in [0.1, 0.15) is 44.9 Å². The third-order valence-electron chi connectivity index (χ3n) is 5.35. The number of carboxylic acids is 1. The van der Waals surface area contributed by atoms with Crippen molar-refractivity contribution in [2.24, 2.45) is 27.9 Å². The maximum Gasteiger partial charge on any atom is 0.326 e. The van der Waals surface area contributed by atoms with Crippen molar-refractivity contribution in [1.82, 2.24) is 16.0 Å². The zero-order valence-electron chi connectivity index (χ0n) is 21.7. The highest BCUT2D eigenvalue weighted by molar-refractivity contribution is 7.98. The summed E-state index contributed by atoms with van der Waals surface area (Å²) >= 11 is 3.07. The molecule has 15 heteroatoms. The van der Waals surface area contributed by atoms with Gasteiger partial charge in [0.1, 0.15) is 18.1 Å². The van der Waals surface area contributed by atoms with Crippen LogP contribution in [0.2, 0.25) is 0 Å². The molecule has 4 atom stereocenters. The van der Waals surface area contributed by atoms with E-state index in [1.165, 1.54) is 11.8 Å². The van der Waals surface area contributed by atoms with Crippen molar-refractivity contribution in [2.45, 2.75) is 69.1 Å². The molecule has 0 radical (unpaired) electrons. The van der Waals surface area contributed by atoms with E-state index in [1.54, 1.807) is 11.8 Å². The Bertz CT molecular complexity index is 740. The summed E-state index contributed by atoms with van der Waals surface area (Å²) < 4.78 is 0. The predicted octanol–water partition coefficient (Wildman–Crippen LogP) is -1.46. The van der Waals surface area contributed by atoms with Crippen molar-refractivity contribution in [1.29, 1.82) is 0 Å². The van der Waals surface area contributed by atoms with Crippen LogP contribution in [0.5, 0.6) is 0 Å². The number of carbonyl (C=O) groups is 4. The topological polar surface area (TPSA) is 241 Å². The number of amides is 3. The van der Waals surface area contributed by atoms with E-state index in [2.05, 4.69) is 20.9 Å². The van der Waals surface area contributed by atoms with Gasteiger partial charge in [-0.25, -0.2) is 4.79 Å². The summed E-state index contributed by atoms with van der Waals surface area (Å²) in [6.07, 6.45) is 6.41. The number of guanidine groups is 1. The molecule has 0 rings (SSSR count). The van der Waals surface area contributed by atoms with Crippen LogP contribution in [-0.4, -0.2) is 96.0 Å². The Morgan fingerprint density at radius 3 is 1.84 bits per heavy atom. The van der Waals surface area contributed by atoms with Gasteiger partial charge in [0.25, 0.3) is 0 Å². The Morgan fingerprint density at radius 2 is 1.30 bits per heavy atom. The second-order valence-electron chi connectivity index (χ2n) is 8.42. The molecule has 0 fully saturated rings. The molecule has 13 nitrogen and oxygen atoms in total. The summed E-state index contributed by atoms with van der Waals surface area (Å²) in [7, 11) is 0. The van der Waals surface area contributed by atoms with Crippen LogP contribution in [-0.2, 0) is 19.2 Å². The summed E-state index contributed by atoms with van der Waals surface area (Å²) in [4.78, 5) is 54.3. The average Bonchev–Trinajstić information content (AvgIpc) is 2.85. The van der Waals surface area contributed by atoms with Gasteiger partial charge in [-0.3, -0.25) is 19.4 Å². The standard InChI is InChI=1S/C22H44N8O5S2/c1-36-12-8-14(24)18(31)28-16(9-13-37-2)20(33)29-15(7-5-11-27-22(25)26)19(32)30-17(21(34)35)6-3-4-10-23/h14-17H,3-13,23-24H2,1-2H3,(H,28,31)(H,29,33)(H,30,32)(H,34,35)(H4,25,26,27). The molecular formula is C22H44N8O5S2. The van der Waals surface area contributed by atoms with Crippen LogP contribution in [0.4, 0.5) is 0 Å². The lowest BCUT2D eigenvalue weighted by atomic mass is 10.1.